The van der Waals surface area contributed by atoms with Crippen LogP contribution in [0.25, 0.3) is 0 Å². The maximum absolute atomic E-state index is 11.2. The zero-order valence-corrected chi connectivity index (χ0v) is 11.3. The van der Waals surface area contributed by atoms with Gasteiger partial charge in [-0.1, -0.05) is 31.8 Å². The third kappa shape index (κ3) is 14.6. The van der Waals surface area contributed by atoms with Gasteiger partial charge in [-0.05, 0) is 18.9 Å². The first-order valence-corrected chi connectivity index (χ1v) is 6.80. The van der Waals surface area contributed by atoms with Crippen LogP contribution in [0.5, 0.6) is 0 Å². The number of esters is 1. The number of carboxylic acid groups (broad SMARTS) is 1. The molecule has 0 aromatic rings. The average molecular weight is 272 g/mol. The van der Waals surface area contributed by atoms with Crippen molar-refractivity contribution in [2.75, 3.05) is 13.2 Å². The molecule has 0 heterocycles. The van der Waals surface area contributed by atoms with Crippen molar-refractivity contribution in [3.05, 3.63) is 12.2 Å². The molecule has 19 heavy (non-hydrogen) atoms. The Hall–Kier alpha value is -1.36. The summed E-state index contributed by atoms with van der Waals surface area (Å²) in [7, 11) is 0. The molecule has 0 aliphatic heterocycles. The smallest absolute Gasteiger partial charge is 0.306 e. The van der Waals surface area contributed by atoms with E-state index in [9.17, 15) is 9.59 Å². The second kappa shape index (κ2) is 13.1. The molecule has 110 valence electrons. The number of carbonyl (C=O) groups is 2. The Bertz CT molecular complexity index is 273. The lowest BCUT2D eigenvalue weighted by molar-refractivity contribution is -0.142. The maximum atomic E-state index is 11.2. The largest absolute Gasteiger partial charge is 0.481 e. The third-order valence-corrected chi connectivity index (χ3v) is 2.63. The van der Waals surface area contributed by atoms with Crippen LogP contribution in [-0.2, 0) is 14.3 Å². The molecule has 0 atom stereocenters. The lowest BCUT2D eigenvalue weighted by Crippen LogP contribution is -2.04. The van der Waals surface area contributed by atoms with Gasteiger partial charge in [0, 0.05) is 12.8 Å². The van der Waals surface area contributed by atoms with E-state index in [1.807, 2.05) is 0 Å². The van der Waals surface area contributed by atoms with Crippen molar-refractivity contribution in [3.63, 3.8) is 0 Å². The number of hydrogen-bond acceptors (Lipinski definition) is 4. The van der Waals surface area contributed by atoms with E-state index >= 15 is 0 Å². The fraction of sp³-hybridized carbons (Fsp3) is 0.714. The summed E-state index contributed by atoms with van der Waals surface area (Å²) in [6, 6.07) is 0. The summed E-state index contributed by atoms with van der Waals surface area (Å²) in [4.78, 5) is 21.5. The van der Waals surface area contributed by atoms with Crippen LogP contribution in [0.4, 0.5) is 0 Å². The van der Waals surface area contributed by atoms with E-state index in [1.54, 1.807) is 6.08 Å². The molecule has 0 aromatic heterocycles. The van der Waals surface area contributed by atoms with E-state index in [2.05, 4.69) is 0 Å². The van der Waals surface area contributed by atoms with Crippen molar-refractivity contribution < 1.29 is 24.5 Å². The van der Waals surface area contributed by atoms with Crippen LogP contribution >= 0.6 is 0 Å². The Labute approximate surface area is 114 Å². The number of carboxylic acids is 1. The van der Waals surface area contributed by atoms with Crippen LogP contribution in [0.2, 0.25) is 0 Å². The van der Waals surface area contributed by atoms with Crippen LogP contribution < -0.4 is 0 Å². The molecule has 0 rings (SSSR count). The minimum Gasteiger partial charge on any atom is -0.481 e. The van der Waals surface area contributed by atoms with Gasteiger partial charge < -0.3 is 14.9 Å². The molecule has 0 fully saturated rings. The van der Waals surface area contributed by atoms with Crippen molar-refractivity contribution in [1.82, 2.24) is 0 Å². The van der Waals surface area contributed by atoms with Gasteiger partial charge in [-0.3, -0.25) is 9.59 Å². The summed E-state index contributed by atoms with van der Waals surface area (Å²) >= 11 is 0. The summed E-state index contributed by atoms with van der Waals surface area (Å²) in [6.07, 6.45) is 9.28. The van der Waals surface area contributed by atoms with Gasteiger partial charge >= 0.3 is 11.9 Å². The summed E-state index contributed by atoms with van der Waals surface area (Å²) in [5.74, 6) is -0.952. The Kier molecular flexibility index (Phi) is 12.1. The molecule has 5 heteroatoms. The molecule has 0 aliphatic carbocycles. The molecule has 0 spiro atoms. The Morgan fingerprint density at radius 1 is 0.895 bits per heavy atom. The third-order valence-electron chi connectivity index (χ3n) is 2.63. The van der Waals surface area contributed by atoms with Gasteiger partial charge in [-0.2, -0.15) is 0 Å². The van der Waals surface area contributed by atoms with Crippen molar-refractivity contribution >= 4 is 11.9 Å². The Morgan fingerprint density at radius 3 is 2.05 bits per heavy atom. The van der Waals surface area contributed by atoms with E-state index in [4.69, 9.17) is 14.9 Å². The zero-order chi connectivity index (χ0) is 14.3. The highest BCUT2D eigenvalue weighted by Gasteiger charge is 2.01. The van der Waals surface area contributed by atoms with E-state index in [1.165, 1.54) is 6.08 Å². The van der Waals surface area contributed by atoms with Gasteiger partial charge in [0.2, 0.25) is 0 Å². The van der Waals surface area contributed by atoms with Gasteiger partial charge in [0.15, 0.2) is 0 Å². The monoisotopic (exact) mass is 272 g/mol. The fourth-order valence-corrected chi connectivity index (χ4v) is 1.61. The predicted molar refractivity (Wildman–Crippen MR) is 71.8 cm³/mol. The van der Waals surface area contributed by atoms with E-state index in [0.29, 0.717) is 6.42 Å². The molecule has 0 aromatic carbocycles. The first-order chi connectivity index (χ1) is 9.16. The number of aliphatic carboxylic acids is 1. The topological polar surface area (TPSA) is 83.8 Å². The van der Waals surface area contributed by atoms with Crippen molar-refractivity contribution in [3.8, 4) is 0 Å². The number of hydrogen-bond donors (Lipinski definition) is 2. The molecule has 0 bridgehead atoms. The first kappa shape index (κ1) is 17.6. The van der Waals surface area contributed by atoms with Crippen LogP contribution in [-0.4, -0.2) is 35.4 Å². The molecule has 0 radical (unpaired) electrons. The number of unbranched alkanes of at least 4 members (excludes halogenated alkanes) is 5. The number of carbonyl (C=O) groups excluding carboxylic acids is 1. The van der Waals surface area contributed by atoms with Gasteiger partial charge in [-0.25, -0.2) is 0 Å². The molecule has 0 amide bonds. The molecule has 5 nitrogen and oxygen atoms in total. The van der Waals surface area contributed by atoms with Gasteiger partial charge in [-0.15, -0.1) is 0 Å². The summed E-state index contributed by atoms with van der Waals surface area (Å²) in [5.41, 5.74) is 0. The van der Waals surface area contributed by atoms with Crippen molar-refractivity contribution in [2.45, 2.75) is 51.4 Å². The summed E-state index contributed by atoms with van der Waals surface area (Å²) in [5, 5.41) is 16.9. The first-order valence-electron chi connectivity index (χ1n) is 6.80. The normalized spacial score (nSPS) is 10.8. The maximum Gasteiger partial charge on any atom is 0.306 e. The molecule has 0 unspecified atom stereocenters. The van der Waals surface area contributed by atoms with Crippen LogP contribution in [0.3, 0.4) is 0 Å². The minimum atomic E-state index is -0.738. The van der Waals surface area contributed by atoms with Crippen molar-refractivity contribution in [2.24, 2.45) is 0 Å². The molecular weight excluding hydrogens is 248 g/mol. The number of aliphatic hydroxyl groups excluding tert-OH is 1. The second-order valence-electron chi connectivity index (χ2n) is 4.35. The number of ether oxygens (including phenoxy) is 1. The molecule has 0 saturated heterocycles. The van der Waals surface area contributed by atoms with E-state index < -0.39 is 5.97 Å². The van der Waals surface area contributed by atoms with Crippen LogP contribution in [0, 0.1) is 0 Å². The summed E-state index contributed by atoms with van der Waals surface area (Å²) in [6.45, 7) is 0.175. The molecule has 0 saturated carbocycles. The lowest BCUT2D eigenvalue weighted by atomic mass is 10.1. The van der Waals surface area contributed by atoms with Gasteiger partial charge in [0.05, 0.1) is 6.61 Å². The molecular formula is C14H24O5. The quantitative estimate of drug-likeness (QED) is 0.323. The van der Waals surface area contributed by atoms with Crippen LogP contribution in [0.1, 0.15) is 51.4 Å². The predicted octanol–water partition coefficient (Wildman–Crippen LogP) is 2.28. The molecule has 2 N–H and O–H groups in total. The van der Waals surface area contributed by atoms with Gasteiger partial charge in [0.1, 0.15) is 6.61 Å². The second-order valence-corrected chi connectivity index (χ2v) is 4.35. The highest BCUT2D eigenvalue weighted by Crippen LogP contribution is 2.09. The lowest BCUT2D eigenvalue weighted by Gasteiger charge is -2.02. The van der Waals surface area contributed by atoms with Crippen molar-refractivity contribution in [1.29, 1.82) is 0 Å². The van der Waals surface area contributed by atoms with Gasteiger partial charge in [0.25, 0.3) is 0 Å². The van der Waals surface area contributed by atoms with E-state index in [0.717, 1.165) is 38.5 Å². The highest BCUT2D eigenvalue weighted by atomic mass is 16.5. The zero-order valence-electron chi connectivity index (χ0n) is 11.3. The summed E-state index contributed by atoms with van der Waals surface area (Å²) < 4.78 is 4.91. The van der Waals surface area contributed by atoms with E-state index in [-0.39, 0.29) is 25.6 Å². The van der Waals surface area contributed by atoms with Crippen LogP contribution in [0.15, 0.2) is 12.2 Å². The minimum absolute atomic E-state index is 0.0422. The number of aliphatic hydroxyl groups is 1. The SMILES string of the molecule is O=C(O)CCCCCCCCC(=O)OCC=CCO. The fourth-order valence-electron chi connectivity index (χ4n) is 1.61. The average Bonchev–Trinajstić information content (AvgIpc) is 2.37. The Morgan fingerprint density at radius 2 is 1.47 bits per heavy atom. The Balaban J connectivity index is 3.23. The molecule has 0 aliphatic rings. The standard InChI is InChI=1S/C14H24O5/c15-11-7-8-12-19-14(18)10-6-4-2-1-3-5-9-13(16)17/h7-8,15H,1-6,9-12H2,(H,16,17). The highest BCUT2D eigenvalue weighted by molar-refractivity contribution is 5.69. The number of rotatable bonds is 12.